The summed E-state index contributed by atoms with van der Waals surface area (Å²) in [6.45, 7) is 0. The zero-order chi connectivity index (χ0) is 23.6. The summed E-state index contributed by atoms with van der Waals surface area (Å²) in [5.41, 5.74) is 0.378. The van der Waals surface area contributed by atoms with Crippen LogP contribution in [-0.2, 0) is 20.0 Å². The van der Waals surface area contributed by atoms with Crippen LogP contribution in [0.3, 0.4) is 0 Å². The van der Waals surface area contributed by atoms with Crippen LogP contribution in [-0.4, -0.2) is 30.2 Å². The molecule has 0 amide bonds. The Morgan fingerprint density at radius 1 is 0.812 bits per heavy atom. The summed E-state index contributed by atoms with van der Waals surface area (Å²) in [6, 6.07) is 17.1. The minimum Gasteiger partial charge on any atom is -0.406 e. The predicted molar refractivity (Wildman–Crippen MR) is 112 cm³/mol. The molecule has 0 bridgehead atoms. The number of para-hydroxylation sites is 1. The van der Waals surface area contributed by atoms with Gasteiger partial charge in [0.15, 0.2) is 0 Å². The van der Waals surface area contributed by atoms with Gasteiger partial charge in [0.2, 0.25) is 0 Å². The average Bonchev–Trinajstić information content (AvgIpc) is 2.73. The number of rotatable bonds is 7. The Kier molecular flexibility index (Phi) is 6.37. The van der Waals surface area contributed by atoms with Gasteiger partial charge in [-0.3, -0.25) is 9.03 Å². The zero-order valence-electron chi connectivity index (χ0n) is 16.4. The molecule has 0 saturated carbocycles. The molecule has 0 heterocycles. The van der Waals surface area contributed by atoms with Crippen molar-refractivity contribution in [3.8, 4) is 5.75 Å². The van der Waals surface area contributed by atoms with Crippen LogP contribution >= 0.6 is 0 Å². The molecule has 3 aromatic rings. The van der Waals surface area contributed by atoms with Crippen LogP contribution in [0.1, 0.15) is 0 Å². The molecule has 0 aromatic heterocycles. The van der Waals surface area contributed by atoms with E-state index < -0.39 is 32.2 Å². The molecule has 0 fully saturated rings. The van der Waals surface area contributed by atoms with E-state index in [9.17, 15) is 30.0 Å². The van der Waals surface area contributed by atoms with Crippen LogP contribution < -0.4 is 13.8 Å². The molecule has 0 spiro atoms. The van der Waals surface area contributed by atoms with Crippen molar-refractivity contribution in [2.75, 3.05) is 16.1 Å². The van der Waals surface area contributed by atoms with Crippen LogP contribution in [0.25, 0.3) is 0 Å². The van der Waals surface area contributed by atoms with Crippen LogP contribution in [0.2, 0.25) is 0 Å². The third-order valence-corrected chi connectivity index (χ3v) is 7.41. The van der Waals surface area contributed by atoms with Gasteiger partial charge in [-0.15, -0.1) is 13.2 Å². The van der Waals surface area contributed by atoms with Crippen molar-refractivity contribution >= 4 is 31.4 Å². The molecule has 3 aromatic carbocycles. The van der Waals surface area contributed by atoms with Gasteiger partial charge in [0, 0.05) is 7.05 Å². The van der Waals surface area contributed by atoms with E-state index in [0.717, 1.165) is 34.6 Å². The Labute approximate surface area is 183 Å². The first kappa shape index (κ1) is 23.4. The molecule has 0 radical (unpaired) electrons. The first-order chi connectivity index (χ1) is 14.9. The van der Waals surface area contributed by atoms with Gasteiger partial charge in [-0.2, -0.15) is 0 Å². The Morgan fingerprint density at radius 3 is 2.03 bits per heavy atom. The molecule has 1 N–H and O–H groups in total. The second-order valence-electron chi connectivity index (χ2n) is 6.46. The maximum Gasteiger partial charge on any atom is 0.573 e. The Hall–Kier alpha value is -3.25. The molecule has 32 heavy (non-hydrogen) atoms. The van der Waals surface area contributed by atoms with E-state index in [0.29, 0.717) is 5.69 Å². The maximum absolute atomic E-state index is 12.9. The average molecular weight is 486 g/mol. The molecule has 3 rings (SSSR count). The van der Waals surface area contributed by atoms with E-state index in [1.54, 1.807) is 30.3 Å². The molecule has 0 atom stereocenters. The number of halogens is 3. The highest BCUT2D eigenvalue weighted by molar-refractivity contribution is 7.93. The van der Waals surface area contributed by atoms with Crippen molar-refractivity contribution in [1.82, 2.24) is 0 Å². The van der Waals surface area contributed by atoms with Crippen molar-refractivity contribution in [3.05, 3.63) is 78.9 Å². The van der Waals surface area contributed by atoms with Crippen molar-refractivity contribution in [3.63, 3.8) is 0 Å². The smallest absolute Gasteiger partial charge is 0.406 e. The highest BCUT2D eigenvalue weighted by Crippen LogP contribution is 2.27. The lowest BCUT2D eigenvalue weighted by atomic mass is 10.3. The monoisotopic (exact) mass is 486 g/mol. The summed E-state index contributed by atoms with van der Waals surface area (Å²) in [6.07, 6.45) is -4.91. The van der Waals surface area contributed by atoms with Crippen molar-refractivity contribution < 1.29 is 34.7 Å². The zero-order valence-corrected chi connectivity index (χ0v) is 18.1. The SMILES string of the molecule is CN(c1ccccc1)S(=O)(=O)c1cccc(NS(=O)(=O)c2ccc(OC(F)(F)F)cc2)c1. The molecule has 0 unspecified atom stereocenters. The minimum atomic E-state index is -4.91. The second-order valence-corrected chi connectivity index (χ2v) is 10.1. The third-order valence-electron chi connectivity index (χ3n) is 4.23. The fourth-order valence-corrected chi connectivity index (χ4v) is 4.98. The fourth-order valence-electron chi connectivity index (χ4n) is 2.69. The van der Waals surface area contributed by atoms with Crippen molar-refractivity contribution in [1.29, 1.82) is 0 Å². The Balaban J connectivity index is 1.83. The van der Waals surface area contributed by atoms with Crippen LogP contribution in [0, 0.1) is 0 Å². The molecule has 0 saturated heterocycles. The molecular formula is C20H17F3N2O5S2. The Bertz CT molecular complexity index is 1300. The highest BCUT2D eigenvalue weighted by Gasteiger charge is 2.31. The van der Waals surface area contributed by atoms with Gasteiger partial charge in [0.1, 0.15) is 5.75 Å². The predicted octanol–water partition coefficient (Wildman–Crippen LogP) is 4.21. The van der Waals surface area contributed by atoms with E-state index in [1.807, 2.05) is 0 Å². The van der Waals surface area contributed by atoms with Gasteiger partial charge < -0.3 is 4.74 Å². The number of ether oxygens (including phenoxy) is 1. The summed E-state index contributed by atoms with van der Waals surface area (Å²) in [5.74, 6) is -0.575. The number of sulfonamides is 2. The van der Waals surface area contributed by atoms with Crippen LogP contribution in [0.4, 0.5) is 24.5 Å². The van der Waals surface area contributed by atoms with E-state index in [4.69, 9.17) is 0 Å². The normalized spacial score (nSPS) is 12.2. The van der Waals surface area contributed by atoms with Crippen molar-refractivity contribution in [2.45, 2.75) is 16.2 Å². The lowest BCUT2D eigenvalue weighted by Crippen LogP contribution is -2.26. The first-order valence-corrected chi connectivity index (χ1v) is 11.8. The third kappa shape index (κ3) is 5.51. The molecular weight excluding hydrogens is 469 g/mol. The summed E-state index contributed by atoms with van der Waals surface area (Å²) in [4.78, 5) is -0.486. The summed E-state index contributed by atoms with van der Waals surface area (Å²) in [7, 11) is -6.82. The van der Waals surface area contributed by atoms with Gasteiger partial charge in [-0.1, -0.05) is 24.3 Å². The summed E-state index contributed by atoms with van der Waals surface area (Å²) < 4.78 is 94.8. The lowest BCUT2D eigenvalue weighted by Gasteiger charge is -2.20. The van der Waals surface area contributed by atoms with Gasteiger partial charge >= 0.3 is 6.36 Å². The number of hydrogen-bond donors (Lipinski definition) is 1. The van der Waals surface area contributed by atoms with Crippen molar-refractivity contribution in [2.24, 2.45) is 0 Å². The molecule has 0 aliphatic heterocycles. The molecule has 7 nitrogen and oxygen atoms in total. The van der Waals surface area contributed by atoms with Gasteiger partial charge in [-0.05, 0) is 54.6 Å². The van der Waals surface area contributed by atoms with Gasteiger partial charge in [0.25, 0.3) is 20.0 Å². The fraction of sp³-hybridized carbons (Fsp3) is 0.100. The minimum absolute atomic E-state index is 0.0387. The topological polar surface area (TPSA) is 92.8 Å². The molecule has 0 aliphatic rings. The van der Waals surface area contributed by atoms with E-state index in [1.165, 1.54) is 25.2 Å². The van der Waals surface area contributed by atoms with Gasteiger partial charge in [0.05, 0.1) is 21.2 Å². The largest absolute Gasteiger partial charge is 0.573 e. The Morgan fingerprint density at radius 2 is 1.44 bits per heavy atom. The molecule has 170 valence electrons. The number of nitrogens with zero attached hydrogens (tertiary/aromatic N) is 1. The lowest BCUT2D eigenvalue weighted by molar-refractivity contribution is -0.274. The highest BCUT2D eigenvalue weighted by atomic mass is 32.2. The van der Waals surface area contributed by atoms with E-state index in [2.05, 4.69) is 9.46 Å². The van der Waals surface area contributed by atoms with E-state index in [-0.39, 0.29) is 15.5 Å². The van der Waals surface area contributed by atoms with Crippen LogP contribution in [0.15, 0.2) is 88.7 Å². The molecule has 12 heteroatoms. The first-order valence-electron chi connectivity index (χ1n) is 8.91. The number of alkyl halides is 3. The quantitative estimate of drug-likeness (QED) is 0.540. The maximum atomic E-state index is 12.9. The number of anilines is 2. The standard InChI is InChI=1S/C20H17F3N2O5S2/c1-25(16-7-3-2-4-8-16)32(28,29)19-9-5-6-15(14-19)24-31(26,27)18-12-10-17(11-13-18)30-20(21,22)23/h2-14,24H,1H3. The number of nitrogens with one attached hydrogen (secondary N) is 1. The summed E-state index contributed by atoms with van der Waals surface area (Å²) in [5, 5.41) is 0. The summed E-state index contributed by atoms with van der Waals surface area (Å²) >= 11 is 0. The molecule has 0 aliphatic carbocycles. The van der Waals surface area contributed by atoms with E-state index >= 15 is 0 Å². The second kappa shape index (κ2) is 8.71. The van der Waals surface area contributed by atoms with Gasteiger partial charge in [-0.25, -0.2) is 16.8 Å². The van der Waals surface area contributed by atoms with Crippen LogP contribution in [0.5, 0.6) is 5.75 Å². The number of hydrogen-bond acceptors (Lipinski definition) is 5. The number of benzene rings is 3.